The second kappa shape index (κ2) is 5.99. The Morgan fingerprint density at radius 3 is 2.57 bits per heavy atom. The van der Waals surface area contributed by atoms with Crippen molar-refractivity contribution in [2.45, 2.75) is 44.3 Å². The first-order valence-corrected chi connectivity index (χ1v) is 7.22. The van der Waals surface area contributed by atoms with Crippen LogP contribution in [0.25, 0.3) is 0 Å². The Balaban J connectivity index is 2.27. The average Bonchev–Trinajstić information content (AvgIpc) is 2.84. The van der Waals surface area contributed by atoms with Crippen molar-refractivity contribution in [3.63, 3.8) is 0 Å². The molecule has 2 N–H and O–H groups in total. The molecule has 0 spiro atoms. The third kappa shape index (κ3) is 3.51. The average molecular weight is 294 g/mol. The van der Waals surface area contributed by atoms with E-state index in [-0.39, 0.29) is 5.69 Å². The lowest BCUT2D eigenvalue weighted by atomic mass is 10.0. The van der Waals surface area contributed by atoms with E-state index >= 15 is 0 Å². The number of rotatable bonds is 5. The summed E-state index contributed by atoms with van der Waals surface area (Å²) < 4.78 is 0. The predicted octanol–water partition coefficient (Wildman–Crippen LogP) is 2.39. The molecule has 6 heteroatoms. The quantitative estimate of drug-likeness (QED) is 0.643. The first-order valence-electron chi connectivity index (χ1n) is 7.22. The molecule has 1 aliphatic rings. The number of likely N-dealkylation sites (N-methyl/N-ethyl adjacent to an activating group) is 1. The fourth-order valence-electron chi connectivity index (χ4n) is 2.99. The molecule has 21 heavy (non-hydrogen) atoms. The van der Waals surface area contributed by atoms with Gasteiger partial charge in [0.05, 0.1) is 16.6 Å². The van der Waals surface area contributed by atoms with Gasteiger partial charge in [-0.3, -0.25) is 10.1 Å². The summed E-state index contributed by atoms with van der Waals surface area (Å²) in [7, 11) is 1.75. The smallest absolute Gasteiger partial charge is 0.292 e. The van der Waals surface area contributed by atoms with Gasteiger partial charge in [0.15, 0.2) is 0 Å². The third-order valence-electron chi connectivity index (χ3n) is 4.16. The molecule has 1 aromatic carbocycles. The highest BCUT2D eigenvalue weighted by atomic mass is 16.6. The molecule has 1 aliphatic carbocycles. The molecular formula is C15H22N2O4. The van der Waals surface area contributed by atoms with Crippen molar-refractivity contribution < 1.29 is 15.1 Å². The van der Waals surface area contributed by atoms with Crippen LogP contribution in [0.5, 0.6) is 0 Å². The van der Waals surface area contributed by atoms with Gasteiger partial charge in [-0.1, -0.05) is 18.9 Å². The van der Waals surface area contributed by atoms with Crippen LogP contribution in [-0.4, -0.2) is 34.3 Å². The van der Waals surface area contributed by atoms with Gasteiger partial charge < -0.3 is 15.1 Å². The summed E-state index contributed by atoms with van der Waals surface area (Å²) in [5.41, 5.74) is 0.173. The van der Waals surface area contributed by atoms with Crippen LogP contribution in [0.15, 0.2) is 18.2 Å². The standard InChI is InChI=1S/C15H22N2O4/c1-11(18)12-5-6-13(14(9-12)17(20)21)16(2)10-15(19)7-3-4-8-15/h5-6,9,11,18-19H,3-4,7-8,10H2,1-2H3. The third-order valence-corrected chi connectivity index (χ3v) is 4.16. The van der Waals surface area contributed by atoms with Gasteiger partial charge in [-0.05, 0) is 31.4 Å². The molecule has 0 heterocycles. The highest BCUT2D eigenvalue weighted by Gasteiger charge is 2.33. The summed E-state index contributed by atoms with van der Waals surface area (Å²) in [5.74, 6) is 0. The molecule has 1 fully saturated rings. The molecule has 6 nitrogen and oxygen atoms in total. The number of nitro benzene ring substituents is 1. The summed E-state index contributed by atoms with van der Waals surface area (Å²) >= 11 is 0. The number of nitrogens with zero attached hydrogens (tertiary/aromatic N) is 2. The molecule has 0 amide bonds. The molecule has 2 rings (SSSR count). The number of aliphatic hydroxyl groups is 2. The zero-order valence-corrected chi connectivity index (χ0v) is 12.5. The maximum Gasteiger partial charge on any atom is 0.292 e. The van der Waals surface area contributed by atoms with E-state index in [0.29, 0.717) is 17.8 Å². The van der Waals surface area contributed by atoms with Gasteiger partial charge in [0.1, 0.15) is 5.69 Å². The van der Waals surface area contributed by atoms with Crippen molar-refractivity contribution in [1.29, 1.82) is 0 Å². The maximum absolute atomic E-state index is 11.3. The molecular weight excluding hydrogens is 272 g/mol. The van der Waals surface area contributed by atoms with Crippen LogP contribution in [0.2, 0.25) is 0 Å². The number of anilines is 1. The first-order chi connectivity index (χ1) is 9.82. The maximum atomic E-state index is 11.3. The van der Waals surface area contributed by atoms with E-state index in [0.717, 1.165) is 25.7 Å². The minimum Gasteiger partial charge on any atom is -0.389 e. The fourth-order valence-corrected chi connectivity index (χ4v) is 2.99. The van der Waals surface area contributed by atoms with Gasteiger partial charge in [0.2, 0.25) is 0 Å². The van der Waals surface area contributed by atoms with Crippen LogP contribution in [0, 0.1) is 10.1 Å². The highest BCUT2D eigenvalue weighted by molar-refractivity contribution is 5.64. The van der Waals surface area contributed by atoms with Gasteiger partial charge >= 0.3 is 0 Å². The SMILES string of the molecule is CC(O)c1ccc(N(C)CC2(O)CCCC2)c([N+](=O)[O-])c1. The summed E-state index contributed by atoms with van der Waals surface area (Å²) in [6, 6.07) is 4.72. The Morgan fingerprint density at radius 1 is 1.43 bits per heavy atom. The number of nitro groups is 1. The van der Waals surface area contributed by atoms with Crippen molar-refractivity contribution in [2.24, 2.45) is 0 Å². The largest absolute Gasteiger partial charge is 0.389 e. The van der Waals surface area contributed by atoms with Crippen LogP contribution in [0.3, 0.4) is 0 Å². The number of benzene rings is 1. The lowest BCUT2D eigenvalue weighted by Crippen LogP contribution is -2.39. The van der Waals surface area contributed by atoms with Crippen molar-refractivity contribution in [1.82, 2.24) is 0 Å². The normalized spacial score (nSPS) is 18.5. The Morgan fingerprint density at radius 2 is 2.05 bits per heavy atom. The monoisotopic (exact) mass is 294 g/mol. The Bertz CT molecular complexity index is 524. The van der Waals surface area contributed by atoms with E-state index in [1.807, 2.05) is 0 Å². The Hall–Kier alpha value is -1.66. The van der Waals surface area contributed by atoms with Gasteiger partial charge in [-0.2, -0.15) is 0 Å². The zero-order chi connectivity index (χ0) is 15.6. The van der Waals surface area contributed by atoms with E-state index in [9.17, 15) is 20.3 Å². The molecule has 0 aromatic heterocycles. The van der Waals surface area contributed by atoms with Crippen molar-refractivity contribution in [2.75, 3.05) is 18.5 Å². The number of aliphatic hydroxyl groups excluding tert-OH is 1. The minimum atomic E-state index is -0.758. The lowest BCUT2D eigenvalue weighted by molar-refractivity contribution is -0.384. The van der Waals surface area contributed by atoms with Crippen LogP contribution in [0.1, 0.15) is 44.3 Å². The number of hydrogen-bond donors (Lipinski definition) is 2. The second-order valence-corrected chi connectivity index (χ2v) is 5.97. The predicted molar refractivity (Wildman–Crippen MR) is 80.4 cm³/mol. The molecule has 1 unspecified atom stereocenters. The zero-order valence-electron chi connectivity index (χ0n) is 12.5. The minimum absolute atomic E-state index is 0.0440. The lowest BCUT2D eigenvalue weighted by Gasteiger charge is -2.29. The Labute approximate surface area is 124 Å². The summed E-state index contributed by atoms with van der Waals surface area (Å²) in [6.07, 6.45) is 2.70. The summed E-state index contributed by atoms with van der Waals surface area (Å²) in [4.78, 5) is 12.5. The van der Waals surface area contributed by atoms with Gasteiger partial charge in [-0.15, -0.1) is 0 Å². The molecule has 0 aliphatic heterocycles. The van der Waals surface area contributed by atoms with E-state index in [2.05, 4.69) is 0 Å². The summed E-state index contributed by atoms with van der Waals surface area (Å²) in [5, 5.41) is 31.3. The molecule has 116 valence electrons. The topological polar surface area (TPSA) is 86.8 Å². The molecule has 1 aromatic rings. The van der Waals surface area contributed by atoms with Crippen molar-refractivity contribution in [3.05, 3.63) is 33.9 Å². The summed E-state index contributed by atoms with van der Waals surface area (Å²) in [6.45, 7) is 1.95. The highest BCUT2D eigenvalue weighted by Crippen LogP contribution is 2.35. The van der Waals surface area contributed by atoms with E-state index in [4.69, 9.17) is 0 Å². The van der Waals surface area contributed by atoms with Crippen LogP contribution in [-0.2, 0) is 0 Å². The second-order valence-electron chi connectivity index (χ2n) is 5.97. The Kier molecular flexibility index (Phi) is 4.49. The molecule has 0 saturated heterocycles. The van der Waals surface area contributed by atoms with Crippen LogP contribution < -0.4 is 4.90 Å². The van der Waals surface area contributed by atoms with Gasteiger partial charge in [0, 0.05) is 19.7 Å². The van der Waals surface area contributed by atoms with Crippen LogP contribution >= 0.6 is 0 Å². The van der Waals surface area contributed by atoms with Gasteiger partial charge in [0.25, 0.3) is 5.69 Å². The van der Waals surface area contributed by atoms with Gasteiger partial charge in [-0.25, -0.2) is 0 Å². The van der Waals surface area contributed by atoms with E-state index < -0.39 is 16.6 Å². The fraction of sp³-hybridized carbons (Fsp3) is 0.600. The van der Waals surface area contributed by atoms with E-state index in [1.54, 1.807) is 31.0 Å². The van der Waals surface area contributed by atoms with Crippen molar-refractivity contribution in [3.8, 4) is 0 Å². The number of hydrogen-bond acceptors (Lipinski definition) is 5. The molecule has 0 bridgehead atoms. The molecule has 1 atom stereocenters. The molecule has 0 radical (unpaired) electrons. The first kappa shape index (κ1) is 15.7. The molecule has 1 saturated carbocycles. The van der Waals surface area contributed by atoms with Crippen molar-refractivity contribution >= 4 is 11.4 Å². The van der Waals surface area contributed by atoms with E-state index in [1.165, 1.54) is 6.07 Å². The van der Waals surface area contributed by atoms with Crippen LogP contribution in [0.4, 0.5) is 11.4 Å².